The molecule has 0 atom stereocenters. The SMILES string of the molecule is O=C(COc1ccccc1)N1CCC(c2nccnc2-n2ccnc2)CC1. The molecule has 3 heterocycles. The molecule has 7 nitrogen and oxygen atoms in total. The molecular weight excluding hydrogens is 342 g/mol. The van der Waals surface area contributed by atoms with Crippen LogP contribution in [0.4, 0.5) is 0 Å². The lowest BCUT2D eigenvalue weighted by Crippen LogP contribution is -2.40. The van der Waals surface area contributed by atoms with Gasteiger partial charge in [0, 0.05) is 43.8 Å². The van der Waals surface area contributed by atoms with E-state index in [4.69, 9.17) is 4.74 Å². The van der Waals surface area contributed by atoms with E-state index in [1.807, 2.05) is 46.0 Å². The molecule has 0 saturated carbocycles. The number of benzene rings is 1. The van der Waals surface area contributed by atoms with E-state index >= 15 is 0 Å². The highest BCUT2D eigenvalue weighted by Gasteiger charge is 2.27. The Balaban J connectivity index is 1.36. The van der Waals surface area contributed by atoms with Crippen molar-refractivity contribution < 1.29 is 9.53 Å². The smallest absolute Gasteiger partial charge is 0.260 e. The number of hydrogen-bond donors (Lipinski definition) is 0. The molecule has 7 heteroatoms. The predicted molar refractivity (Wildman–Crippen MR) is 99.6 cm³/mol. The third-order valence-electron chi connectivity index (χ3n) is 4.80. The third-order valence-corrected chi connectivity index (χ3v) is 4.80. The second-order valence-electron chi connectivity index (χ2n) is 6.49. The van der Waals surface area contributed by atoms with Crippen LogP contribution in [0.1, 0.15) is 24.5 Å². The van der Waals surface area contributed by atoms with Gasteiger partial charge in [-0.2, -0.15) is 0 Å². The number of ether oxygens (including phenoxy) is 1. The van der Waals surface area contributed by atoms with Gasteiger partial charge in [0.25, 0.3) is 5.91 Å². The number of piperidine rings is 1. The number of nitrogens with zero attached hydrogens (tertiary/aromatic N) is 5. The third kappa shape index (κ3) is 3.97. The van der Waals surface area contributed by atoms with Crippen LogP contribution < -0.4 is 4.74 Å². The highest BCUT2D eigenvalue weighted by molar-refractivity contribution is 5.77. The van der Waals surface area contributed by atoms with Crippen molar-refractivity contribution >= 4 is 5.91 Å². The Hall–Kier alpha value is -3.22. The van der Waals surface area contributed by atoms with E-state index in [0.29, 0.717) is 18.8 Å². The fraction of sp³-hybridized carbons (Fsp3) is 0.300. The molecule has 0 N–H and O–H groups in total. The molecule has 3 aromatic rings. The van der Waals surface area contributed by atoms with Gasteiger partial charge in [0.1, 0.15) is 12.1 Å². The Labute approximate surface area is 157 Å². The van der Waals surface area contributed by atoms with E-state index in [0.717, 1.165) is 24.4 Å². The number of para-hydroxylation sites is 1. The normalized spacial score (nSPS) is 14.9. The molecule has 1 fully saturated rings. The fourth-order valence-corrected chi connectivity index (χ4v) is 3.37. The van der Waals surface area contributed by atoms with Crippen molar-refractivity contribution in [2.45, 2.75) is 18.8 Å². The Morgan fingerprint density at radius 2 is 1.85 bits per heavy atom. The van der Waals surface area contributed by atoms with E-state index in [-0.39, 0.29) is 18.4 Å². The van der Waals surface area contributed by atoms with Crippen LogP contribution in [0.25, 0.3) is 5.82 Å². The van der Waals surface area contributed by atoms with Crippen LogP contribution in [0.3, 0.4) is 0 Å². The summed E-state index contributed by atoms with van der Waals surface area (Å²) in [5, 5.41) is 0. The van der Waals surface area contributed by atoms with E-state index in [1.165, 1.54) is 0 Å². The molecule has 1 aliphatic rings. The molecule has 1 aromatic carbocycles. The topological polar surface area (TPSA) is 73.1 Å². The second kappa shape index (κ2) is 7.99. The first-order valence-corrected chi connectivity index (χ1v) is 9.06. The van der Waals surface area contributed by atoms with Crippen LogP contribution in [0.5, 0.6) is 5.75 Å². The molecule has 138 valence electrons. The van der Waals surface area contributed by atoms with Gasteiger partial charge in [-0.15, -0.1) is 0 Å². The molecular formula is C20H21N5O2. The fourth-order valence-electron chi connectivity index (χ4n) is 3.37. The van der Waals surface area contributed by atoms with Crippen molar-refractivity contribution in [3.05, 3.63) is 67.1 Å². The summed E-state index contributed by atoms with van der Waals surface area (Å²) in [7, 11) is 0. The number of amides is 1. The monoisotopic (exact) mass is 363 g/mol. The lowest BCUT2D eigenvalue weighted by molar-refractivity contribution is -0.134. The summed E-state index contributed by atoms with van der Waals surface area (Å²) in [4.78, 5) is 27.4. The molecule has 0 aliphatic carbocycles. The minimum absolute atomic E-state index is 0.0197. The number of carbonyl (C=O) groups is 1. The van der Waals surface area contributed by atoms with Crippen molar-refractivity contribution in [3.63, 3.8) is 0 Å². The lowest BCUT2D eigenvalue weighted by atomic mass is 9.93. The largest absolute Gasteiger partial charge is 0.484 e. The first kappa shape index (κ1) is 17.2. The Kier molecular flexibility index (Phi) is 5.09. The van der Waals surface area contributed by atoms with Gasteiger partial charge in [-0.3, -0.25) is 14.3 Å². The quantitative estimate of drug-likeness (QED) is 0.696. The number of rotatable bonds is 5. The minimum Gasteiger partial charge on any atom is -0.484 e. The van der Waals surface area contributed by atoms with Gasteiger partial charge in [-0.25, -0.2) is 9.97 Å². The molecule has 4 rings (SSSR count). The first-order chi connectivity index (χ1) is 13.3. The molecule has 0 unspecified atom stereocenters. The zero-order valence-electron chi connectivity index (χ0n) is 14.9. The maximum Gasteiger partial charge on any atom is 0.260 e. The highest BCUT2D eigenvalue weighted by Crippen LogP contribution is 2.29. The zero-order chi connectivity index (χ0) is 18.5. The van der Waals surface area contributed by atoms with E-state index < -0.39 is 0 Å². The number of likely N-dealkylation sites (tertiary alicyclic amines) is 1. The van der Waals surface area contributed by atoms with Gasteiger partial charge in [-0.05, 0) is 25.0 Å². The summed E-state index contributed by atoms with van der Waals surface area (Å²) in [5.74, 6) is 1.82. The van der Waals surface area contributed by atoms with Crippen molar-refractivity contribution in [3.8, 4) is 11.6 Å². The van der Waals surface area contributed by atoms with Crippen molar-refractivity contribution in [1.82, 2.24) is 24.4 Å². The van der Waals surface area contributed by atoms with Gasteiger partial charge < -0.3 is 9.64 Å². The summed E-state index contributed by atoms with van der Waals surface area (Å²) in [5.41, 5.74) is 0.961. The van der Waals surface area contributed by atoms with E-state index in [1.54, 1.807) is 24.9 Å². The number of aromatic nitrogens is 4. The van der Waals surface area contributed by atoms with Crippen LogP contribution >= 0.6 is 0 Å². The van der Waals surface area contributed by atoms with Crippen LogP contribution in [0.2, 0.25) is 0 Å². The van der Waals surface area contributed by atoms with Crippen LogP contribution in [0, 0.1) is 0 Å². The van der Waals surface area contributed by atoms with E-state index in [9.17, 15) is 4.79 Å². The van der Waals surface area contributed by atoms with Crippen molar-refractivity contribution in [2.24, 2.45) is 0 Å². The second-order valence-corrected chi connectivity index (χ2v) is 6.49. The van der Waals surface area contributed by atoms with Gasteiger partial charge in [0.2, 0.25) is 0 Å². The Bertz CT molecular complexity index is 874. The predicted octanol–water partition coefficient (Wildman–Crippen LogP) is 2.45. The van der Waals surface area contributed by atoms with Gasteiger partial charge >= 0.3 is 0 Å². The minimum atomic E-state index is 0.0197. The maximum atomic E-state index is 12.4. The van der Waals surface area contributed by atoms with Crippen LogP contribution in [-0.4, -0.2) is 50.0 Å². The lowest BCUT2D eigenvalue weighted by Gasteiger charge is -2.32. The number of carbonyl (C=O) groups excluding carboxylic acids is 1. The molecule has 0 spiro atoms. The zero-order valence-corrected chi connectivity index (χ0v) is 14.9. The molecule has 0 radical (unpaired) electrons. The molecule has 1 amide bonds. The number of hydrogen-bond acceptors (Lipinski definition) is 5. The maximum absolute atomic E-state index is 12.4. The summed E-state index contributed by atoms with van der Waals surface area (Å²) < 4.78 is 7.46. The molecule has 27 heavy (non-hydrogen) atoms. The summed E-state index contributed by atoms with van der Waals surface area (Å²) in [6.45, 7) is 1.46. The molecule has 2 aromatic heterocycles. The van der Waals surface area contributed by atoms with Gasteiger partial charge in [0.05, 0.1) is 5.69 Å². The number of imidazole rings is 1. The van der Waals surface area contributed by atoms with Crippen molar-refractivity contribution in [2.75, 3.05) is 19.7 Å². The summed E-state index contributed by atoms with van der Waals surface area (Å²) >= 11 is 0. The summed E-state index contributed by atoms with van der Waals surface area (Å²) in [6, 6.07) is 9.41. The molecule has 1 aliphatic heterocycles. The highest BCUT2D eigenvalue weighted by atomic mass is 16.5. The van der Waals surface area contributed by atoms with Crippen molar-refractivity contribution in [1.29, 1.82) is 0 Å². The van der Waals surface area contributed by atoms with Gasteiger partial charge in [-0.1, -0.05) is 18.2 Å². The first-order valence-electron chi connectivity index (χ1n) is 9.06. The van der Waals surface area contributed by atoms with Gasteiger partial charge in [0.15, 0.2) is 12.4 Å². The van der Waals surface area contributed by atoms with Crippen LogP contribution in [0.15, 0.2) is 61.4 Å². The van der Waals surface area contributed by atoms with Crippen LogP contribution in [-0.2, 0) is 4.79 Å². The summed E-state index contributed by atoms with van der Waals surface area (Å²) in [6.07, 6.45) is 10.5. The molecule has 1 saturated heterocycles. The Morgan fingerprint density at radius 3 is 2.59 bits per heavy atom. The average Bonchev–Trinajstić information content (AvgIpc) is 3.28. The average molecular weight is 363 g/mol. The van der Waals surface area contributed by atoms with E-state index in [2.05, 4.69) is 15.0 Å². The standard InChI is InChI=1S/C20H21N5O2/c26-18(14-27-17-4-2-1-3-5-17)24-11-6-16(7-12-24)19-20(23-9-8-22-19)25-13-10-21-15-25/h1-5,8-10,13,15-16H,6-7,11-12,14H2. The Morgan fingerprint density at radius 1 is 1.07 bits per heavy atom. The molecule has 0 bridgehead atoms.